The van der Waals surface area contributed by atoms with Gasteiger partial charge in [0.15, 0.2) is 6.61 Å². The summed E-state index contributed by atoms with van der Waals surface area (Å²) in [5.74, 6) is 1.88. The normalized spacial score (nSPS) is 23.6. The van der Waals surface area contributed by atoms with Gasteiger partial charge >= 0.3 is 0 Å². The number of ether oxygens (including phenoxy) is 3. The number of hydrogen-bond acceptors (Lipinski definition) is 7. The van der Waals surface area contributed by atoms with Crippen LogP contribution in [0, 0.1) is 5.92 Å². The Morgan fingerprint density at radius 3 is 2.60 bits per heavy atom. The maximum atomic E-state index is 13.5. The van der Waals surface area contributed by atoms with Gasteiger partial charge in [-0.3, -0.25) is 19.3 Å². The molecule has 10 nitrogen and oxygen atoms in total. The molecule has 10 heteroatoms. The van der Waals surface area contributed by atoms with Crippen LogP contribution in [-0.2, 0) is 16.1 Å². The van der Waals surface area contributed by atoms with Crippen molar-refractivity contribution in [3.05, 3.63) is 53.6 Å². The molecule has 4 aliphatic heterocycles. The number of amides is 3. The van der Waals surface area contributed by atoms with Crippen LogP contribution in [-0.4, -0.2) is 85.6 Å². The third-order valence-electron chi connectivity index (χ3n) is 7.91. The number of rotatable bonds is 6. The van der Waals surface area contributed by atoms with Crippen molar-refractivity contribution < 1.29 is 28.6 Å². The van der Waals surface area contributed by atoms with Crippen LogP contribution < -0.4 is 24.8 Å². The second-order valence-corrected chi connectivity index (χ2v) is 11.1. The van der Waals surface area contributed by atoms with Gasteiger partial charge in [-0.1, -0.05) is 12.1 Å². The molecule has 2 aromatic rings. The summed E-state index contributed by atoms with van der Waals surface area (Å²) in [6, 6.07) is 12.4. The van der Waals surface area contributed by atoms with Gasteiger partial charge in [0, 0.05) is 57.3 Å². The van der Waals surface area contributed by atoms with Gasteiger partial charge in [0.1, 0.15) is 23.4 Å². The lowest BCUT2D eigenvalue weighted by molar-refractivity contribution is -0.128. The summed E-state index contributed by atoms with van der Waals surface area (Å²) >= 11 is 0. The molecular formula is C30H36N4O6. The number of hydrogen-bond donors (Lipinski definition) is 2. The van der Waals surface area contributed by atoms with Crippen LogP contribution in [0.15, 0.2) is 42.5 Å². The zero-order valence-corrected chi connectivity index (χ0v) is 22.6. The number of likely N-dealkylation sites (tertiary alicyclic amines) is 2. The summed E-state index contributed by atoms with van der Waals surface area (Å²) in [7, 11) is 0. The fraction of sp³-hybridized carbons (Fsp3) is 0.500. The summed E-state index contributed by atoms with van der Waals surface area (Å²) in [4.78, 5) is 42.2. The lowest BCUT2D eigenvalue weighted by Gasteiger charge is -2.22. The Morgan fingerprint density at radius 1 is 0.975 bits per heavy atom. The molecule has 40 heavy (non-hydrogen) atoms. The molecule has 2 aromatic carbocycles. The van der Waals surface area contributed by atoms with E-state index < -0.39 is 0 Å². The Hall–Kier alpha value is -3.79. The molecule has 7 rings (SSSR count). The third kappa shape index (κ3) is 6.67. The number of fused-ring (bicyclic) bond motifs is 7. The van der Waals surface area contributed by atoms with Gasteiger partial charge in [-0.2, -0.15) is 0 Å². The summed E-state index contributed by atoms with van der Waals surface area (Å²) in [5.41, 5.74) is 1.34. The predicted octanol–water partition coefficient (Wildman–Crippen LogP) is 1.97. The van der Waals surface area contributed by atoms with Gasteiger partial charge in [0.05, 0.1) is 12.6 Å². The van der Waals surface area contributed by atoms with E-state index in [1.165, 1.54) is 0 Å². The predicted molar refractivity (Wildman–Crippen MR) is 146 cm³/mol. The van der Waals surface area contributed by atoms with E-state index in [4.69, 9.17) is 14.2 Å². The van der Waals surface area contributed by atoms with Crippen molar-refractivity contribution in [3.8, 4) is 17.2 Å². The highest BCUT2D eigenvalue weighted by Crippen LogP contribution is 2.31. The van der Waals surface area contributed by atoms with E-state index in [-0.39, 0.29) is 36.5 Å². The van der Waals surface area contributed by atoms with Crippen LogP contribution in [0.3, 0.4) is 0 Å². The molecule has 2 atom stereocenters. The topological polar surface area (TPSA) is 109 Å². The zero-order chi connectivity index (χ0) is 27.5. The van der Waals surface area contributed by atoms with E-state index in [0.717, 1.165) is 37.9 Å². The van der Waals surface area contributed by atoms with E-state index in [1.807, 2.05) is 29.2 Å². The Morgan fingerprint density at radius 2 is 1.82 bits per heavy atom. The molecule has 0 unspecified atom stereocenters. The maximum absolute atomic E-state index is 13.5. The van der Waals surface area contributed by atoms with Crippen molar-refractivity contribution in [3.63, 3.8) is 0 Å². The van der Waals surface area contributed by atoms with Gasteiger partial charge in [-0.15, -0.1) is 0 Å². The van der Waals surface area contributed by atoms with E-state index in [9.17, 15) is 14.4 Å². The number of carbonyl (C=O) groups excluding carboxylic acids is 3. The summed E-state index contributed by atoms with van der Waals surface area (Å²) in [5, 5.41) is 6.04. The quantitative estimate of drug-likeness (QED) is 0.568. The average molecular weight is 549 g/mol. The Bertz CT molecular complexity index is 1250. The van der Waals surface area contributed by atoms with E-state index >= 15 is 0 Å². The Kier molecular flexibility index (Phi) is 7.77. The van der Waals surface area contributed by atoms with Crippen LogP contribution in [0.2, 0.25) is 0 Å². The van der Waals surface area contributed by atoms with Gasteiger partial charge in [-0.25, -0.2) is 0 Å². The van der Waals surface area contributed by atoms with Gasteiger partial charge < -0.3 is 29.7 Å². The molecule has 3 fully saturated rings. The number of nitrogens with zero attached hydrogens (tertiary/aromatic N) is 2. The van der Waals surface area contributed by atoms with Crippen molar-refractivity contribution in [1.29, 1.82) is 0 Å². The monoisotopic (exact) mass is 548 g/mol. The Labute approximate surface area is 233 Å². The van der Waals surface area contributed by atoms with Crippen molar-refractivity contribution in [2.45, 2.75) is 44.4 Å². The molecular weight excluding hydrogens is 512 g/mol. The van der Waals surface area contributed by atoms with Gasteiger partial charge in [-0.05, 0) is 55.0 Å². The summed E-state index contributed by atoms with van der Waals surface area (Å²) in [6.07, 6.45) is 3.56. The van der Waals surface area contributed by atoms with Crippen LogP contribution in [0.4, 0.5) is 0 Å². The first-order chi connectivity index (χ1) is 19.5. The summed E-state index contributed by atoms with van der Waals surface area (Å²) < 4.78 is 18.1. The van der Waals surface area contributed by atoms with E-state index in [1.54, 1.807) is 18.2 Å². The highest BCUT2D eigenvalue weighted by atomic mass is 16.5. The minimum absolute atomic E-state index is 0.173. The van der Waals surface area contributed by atoms with E-state index in [0.29, 0.717) is 67.9 Å². The van der Waals surface area contributed by atoms with Gasteiger partial charge in [0.25, 0.3) is 11.8 Å². The van der Waals surface area contributed by atoms with Gasteiger partial charge in [0.2, 0.25) is 5.91 Å². The first-order valence-electron chi connectivity index (χ1n) is 14.2. The lowest BCUT2D eigenvalue weighted by atomic mass is 10.1. The van der Waals surface area contributed by atoms with Crippen LogP contribution in [0.5, 0.6) is 17.2 Å². The fourth-order valence-corrected chi connectivity index (χ4v) is 5.38. The van der Waals surface area contributed by atoms with Crippen LogP contribution in [0.1, 0.15) is 41.6 Å². The first-order valence-corrected chi connectivity index (χ1v) is 14.2. The molecule has 4 bridgehead atoms. The number of nitrogens with one attached hydrogen (secondary N) is 2. The average Bonchev–Trinajstić information content (AvgIpc) is 3.59. The maximum Gasteiger partial charge on any atom is 0.258 e. The molecule has 212 valence electrons. The van der Waals surface area contributed by atoms with Crippen molar-refractivity contribution in [2.24, 2.45) is 5.92 Å². The minimum Gasteiger partial charge on any atom is -0.493 e. The lowest BCUT2D eigenvalue weighted by Crippen LogP contribution is -2.45. The van der Waals surface area contributed by atoms with Crippen LogP contribution in [0.25, 0.3) is 0 Å². The first kappa shape index (κ1) is 26.4. The Balaban J connectivity index is 1.22. The molecule has 0 spiro atoms. The highest BCUT2D eigenvalue weighted by molar-refractivity contribution is 5.95. The second-order valence-electron chi connectivity index (χ2n) is 11.1. The van der Waals surface area contributed by atoms with E-state index in [2.05, 4.69) is 15.5 Å². The fourth-order valence-electron chi connectivity index (χ4n) is 5.38. The second kappa shape index (κ2) is 11.8. The van der Waals surface area contributed by atoms with Crippen molar-refractivity contribution in [2.75, 3.05) is 45.9 Å². The smallest absolute Gasteiger partial charge is 0.258 e. The molecule has 3 amide bonds. The molecule has 1 saturated carbocycles. The molecule has 0 aromatic heterocycles. The molecule has 5 aliphatic rings. The molecule has 0 radical (unpaired) electrons. The molecule has 2 N–H and O–H groups in total. The number of carbonyl (C=O) groups is 3. The standard InChI is InChI=1S/C30H36N4O6/c35-28-19-39-25-13-22(12-24(14-25)38-18-21-3-4-21)30(37)32-26-16-33(10-11-34-9-1-2-29(34)36)17-27(26)40-23-7-5-20(6-8-23)15-31-28/h5-8,12-14,21,26-27H,1-4,9-11,15-19H2,(H,31,35)(H,32,37)/t26-,27-/m0/s1. The summed E-state index contributed by atoms with van der Waals surface area (Å²) in [6.45, 7) is 4.23. The number of benzene rings is 2. The highest BCUT2D eigenvalue weighted by Gasteiger charge is 2.36. The zero-order valence-electron chi connectivity index (χ0n) is 22.6. The third-order valence-corrected chi connectivity index (χ3v) is 7.91. The molecule has 4 heterocycles. The van der Waals surface area contributed by atoms with Crippen molar-refractivity contribution >= 4 is 17.7 Å². The largest absolute Gasteiger partial charge is 0.493 e. The van der Waals surface area contributed by atoms with Crippen LogP contribution >= 0.6 is 0 Å². The molecule has 2 saturated heterocycles. The van der Waals surface area contributed by atoms with Crippen molar-refractivity contribution in [1.82, 2.24) is 20.4 Å². The minimum atomic E-state index is -0.274. The SMILES string of the molecule is O=C1COc2cc(OCC3CC3)cc(c2)C(=O)N[C@H]2CN(CCN3CCCC3=O)C[C@@H]2Oc2ccc(cc2)CN1. The molecule has 1 aliphatic carbocycles.